The van der Waals surface area contributed by atoms with E-state index in [1.54, 1.807) is 0 Å². The molecule has 0 saturated heterocycles. The van der Waals surface area contributed by atoms with E-state index >= 15 is 0 Å². The van der Waals surface area contributed by atoms with Crippen molar-refractivity contribution in [2.45, 2.75) is 57.5 Å². The number of aromatic nitrogens is 3. The van der Waals surface area contributed by atoms with E-state index < -0.39 is 6.10 Å². The lowest BCUT2D eigenvalue weighted by atomic mass is 9.67. The molecular formula is C24H31N3O. The highest BCUT2D eigenvalue weighted by atomic mass is 16.3. The van der Waals surface area contributed by atoms with Crippen molar-refractivity contribution in [2.24, 2.45) is 24.8 Å². The van der Waals surface area contributed by atoms with E-state index in [1.165, 1.54) is 48.0 Å². The monoisotopic (exact) mass is 377 g/mol. The predicted molar refractivity (Wildman–Crippen MR) is 112 cm³/mol. The Morgan fingerprint density at radius 1 is 1.21 bits per heavy atom. The number of aliphatic hydroxyl groups excluding tert-OH is 1. The summed E-state index contributed by atoms with van der Waals surface area (Å²) in [6, 6.07) is 8.40. The first kappa shape index (κ1) is 18.0. The number of aryl methyl sites for hydroxylation is 1. The largest absolute Gasteiger partial charge is 0.388 e. The fraction of sp³-hybridized carbons (Fsp3) is 0.542. The third-order valence-electron chi connectivity index (χ3n) is 7.36. The molecule has 1 aromatic carbocycles. The lowest BCUT2D eigenvalue weighted by Gasteiger charge is -2.38. The summed E-state index contributed by atoms with van der Waals surface area (Å²) >= 11 is 0. The summed E-state index contributed by atoms with van der Waals surface area (Å²) in [5.41, 5.74) is 4.79. The number of H-pyrrole nitrogens is 1. The maximum absolute atomic E-state index is 11.4. The number of aromatic amines is 1. The lowest BCUT2D eigenvalue weighted by molar-refractivity contribution is 0.0823. The van der Waals surface area contributed by atoms with Crippen LogP contribution in [0.4, 0.5) is 0 Å². The van der Waals surface area contributed by atoms with E-state index in [9.17, 15) is 5.11 Å². The number of benzene rings is 1. The van der Waals surface area contributed by atoms with Gasteiger partial charge >= 0.3 is 0 Å². The number of imidazole rings is 1. The highest BCUT2D eigenvalue weighted by molar-refractivity contribution is 5.84. The van der Waals surface area contributed by atoms with E-state index in [4.69, 9.17) is 4.98 Å². The van der Waals surface area contributed by atoms with Gasteiger partial charge in [-0.15, -0.1) is 0 Å². The molecule has 1 saturated carbocycles. The molecule has 5 rings (SSSR count). The van der Waals surface area contributed by atoms with Crippen molar-refractivity contribution >= 4 is 10.9 Å². The summed E-state index contributed by atoms with van der Waals surface area (Å²) in [4.78, 5) is 8.11. The van der Waals surface area contributed by atoms with E-state index in [-0.39, 0.29) is 5.92 Å². The van der Waals surface area contributed by atoms with Gasteiger partial charge in [0.1, 0.15) is 0 Å². The van der Waals surface area contributed by atoms with Crippen LogP contribution < -0.4 is 0 Å². The molecule has 28 heavy (non-hydrogen) atoms. The Hall–Kier alpha value is -2.07. The van der Waals surface area contributed by atoms with Gasteiger partial charge in [-0.25, -0.2) is 4.98 Å². The number of nitrogens with one attached hydrogen (secondary N) is 1. The number of rotatable bonds is 3. The van der Waals surface area contributed by atoms with Crippen molar-refractivity contribution in [2.75, 3.05) is 0 Å². The first-order chi connectivity index (χ1) is 13.6. The summed E-state index contributed by atoms with van der Waals surface area (Å²) in [7, 11) is 2.07. The molecule has 3 aromatic rings. The summed E-state index contributed by atoms with van der Waals surface area (Å²) in [6.45, 7) is 2.39. The second-order valence-electron chi connectivity index (χ2n) is 9.26. The molecular weight excluding hydrogens is 346 g/mol. The number of aliphatic hydroxyl groups is 1. The Balaban J connectivity index is 1.47. The fourth-order valence-electron chi connectivity index (χ4n) is 5.96. The Kier molecular flexibility index (Phi) is 4.54. The Morgan fingerprint density at radius 2 is 2.07 bits per heavy atom. The molecule has 4 nitrogen and oxygen atoms in total. The van der Waals surface area contributed by atoms with Crippen LogP contribution in [0.1, 0.15) is 68.0 Å². The van der Waals surface area contributed by atoms with Gasteiger partial charge in [-0.05, 0) is 49.5 Å². The quantitative estimate of drug-likeness (QED) is 0.666. The zero-order chi connectivity index (χ0) is 19.3. The van der Waals surface area contributed by atoms with Crippen LogP contribution in [0.3, 0.4) is 0 Å². The zero-order valence-electron chi connectivity index (χ0n) is 16.9. The van der Waals surface area contributed by atoms with Crippen LogP contribution >= 0.6 is 0 Å². The second kappa shape index (κ2) is 7.07. The molecule has 148 valence electrons. The molecule has 0 spiro atoms. The van der Waals surface area contributed by atoms with E-state index in [0.717, 1.165) is 24.3 Å². The van der Waals surface area contributed by atoms with E-state index in [0.29, 0.717) is 11.8 Å². The summed E-state index contributed by atoms with van der Waals surface area (Å²) in [6.07, 6.45) is 10.8. The van der Waals surface area contributed by atoms with Gasteiger partial charge in [-0.2, -0.15) is 0 Å². The minimum atomic E-state index is -0.439. The van der Waals surface area contributed by atoms with Crippen molar-refractivity contribution in [3.05, 3.63) is 53.7 Å². The van der Waals surface area contributed by atoms with Gasteiger partial charge < -0.3 is 14.7 Å². The van der Waals surface area contributed by atoms with Crippen molar-refractivity contribution in [1.82, 2.24) is 14.5 Å². The third-order valence-corrected chi connectivity index (χ3v) is 7.36. The number of fused-ring (bicyclic) bond motifs is 2. The van der Waals surface area contributed by atoms with Crippen LogP contribution in [-0.4, -0.2) is 19.6 Å². The average Bonchev–Trinajstić information content (AvgIpc) is 3.31. The van der Waals surface area contributed by atoms with Crippen molar-refractivity contribution in [1.29, 1.82) is 0 Å². The molecule has 0 radical (unpaired) electrons. The number of para-hydroxylation sites is 1. The van der Waals surface area contributed by atoms with Gasteiger partial charge in [0.2, 0.25) is 0 Å². The number of hydrogen-bond donors (Lipinski definition) is 2. The smallest absolute Gasteiger partial charge is 0.0925 e. The third kappa shape index (κ3) is 2.98. The first-order valence-electron chi connectivity index (χ1n) is 10.9. The van der Waals surface area contributed by atoms with Crippen molar-refractivity contribution in [3.8, 4) is 0 Å². The van der Waals surface area contributed by atoms with Crippen LogP contribution in [0.2, 0.25) is 0 Å². The van der Waals surface area contributed by atoms with Crippen LogP contribution in [-0.2, 0) is 13.5 Å². The van der Waals surface area contributed by atoms with Gasteiger partial charge in [-0.3, -0.25) is 0 Å². The van der Waals surface area contributed by atoms with E-state index in [2.05, 4.69) is 54.0 Å². The molecule has 4 heteroatoms. The minimum Gasteiger partial charge on any atom is -0.388 e. The average molecular weight is 378 g/mol. The molecule has 2 heterocycles. The van der Waals surface area contributed by atoms with Crippen molar-refractivity contribution < 1.29 is 5.11 Å². The molecule has 2 aliphatic carbocycles. The molecule has 2 aliphatic rings. The summed E-state index contributed by atoms with van der Waals surface area (Å²) in [5.74, 6) is 2.23. The summed E-state index contributed by atoms with van der Waals surface area (Å²) < 4.78 is 2.14. The van der Waals surface area contributed by atoms with Crippen LogP contribution in [0, 0.1) is 17.8 Å². The Labute approximate surface area is 167 Å². The molecule has 5 atom stereocenters. The highest BCUT2D eigenvalue weighted by Gasteiger charge is 2.39. The lowest BCUT2D eigenvalue weighted by Crippen LogP contribution is -2.30. The number of nitrogens with zero attached hydrogens (tertiary/aromatic N) is 2. The maximum Gasteiger partial charge on any atom is 0.0925 e. The molecule has 0 bridgehead atoms. The maximum atomic E-state index is 11.4. The van der Waals surface area contributed by atoms with Gasteiger partial charge in [-0.1, -0.05) is 38.0 Å². The SMILES string of the molecule is CC1CCCC(C2CC(C(O)c3cn(C)c4ccccc34)Cc3[nH]cnc32)C1. The minimum absolute atomic E-state index is 0.237. The van der Waals surface area contributed by atoms with Gasteiger partial charge in [0.05, 0.1) is 18.1 Å². The molecule has 0 amide bonds. The second-order valence-corrected chi connectivity index (χ2v) is 9.26. The fourth-order valence-corrected chi connectivity index (χ4v) is 5.96. The van der Waals surface area contributed by atoms with Crippen LogP contribution in [0.15, 0.2) is 36.8 Å². The van der Waals surface area contributed by atoms with E-state index in [1.807, 2.05) is 6.33 Å². The first-order valence-corrected chi connectivity index (χ1v) is 10.9. The summed E-state index contributed by atoms with van der Waals surface area (Å²) in [5, 5.41) is 12.6. The molecule has 2 N–H and O–H groups in total. The van der Waals surface area contributed by atoms with Crippen LogP contribution in [0.5, 0.6) is 0 Å². The van der Waals surface area contributed by atoms with Gasteiger partial charge in [0.15, 0.2) is 0 Å². The van der Waals surface area contributed by atoms with Gasteiger partial charge in [0.25, 0.3) is 0 Å². The molecule has 2 aromatic heterocycles. The number of hydrogen-bond acceptors (Lipinski definition) is 2. The topological polar surface area (TPSA) is 53.8 Å². The molecule has 1 fully saturated rings. The Bertz CT molecular complexity index is 971. The van der Waals surface area contributed by atoms with Crippen molar-refractivity contribution in [3.63, 3.8) is 0 Å². The highest BCUT2D eigenvalue weighted by Crippen LogP contribution is 2.48. The molecule has 0 aliphatic heterocycles. The standard InChI is InChI=1S/C24H31N3O/c1-15-6-5-7-16(10-15)19-11-17(12-21-23(19)26-14-25-21)24(28)20-13-27(2)22-9-4-3-8-18(20)22/h3-4,8-9,13-17,19,24,28H,5-7,10-12H2,1-2H3,(H,25,26). The van der Waals surface area contributed by atoms with Gasteiger partial charge in [0, 0.05) is 41.3 Å². The van der Waals surface area contributed by atoms with Crippen LogP contribution in [0.25, 0.3) is 10.9 Å². The Morgan fingerprint density at radius 3 is 2.93 bits per heavy atom. The predicted octanol–water partition coefficient (Wildman–Crippen LogP) is 5.11. The normalized spacial score (nSPS) is 29.0. The zero-order valence-corrected chi connectivity index (χ0v) is 16.9. The molecule has 5 unspecified atom stereocenters.